The van der Waals surface area contributed by atoms with E-state index >= 15 is 0 Å². The van der Waals surface area contributed by atoms with Crippen LogP contribution in [0.5, 0.6) is 0 Å². The van der Waals surface area contributed by atoms with Crippen molar-refractivity contribution >= 4 is 7.60 Å². The van der Waals surface area contributed by atoms with E-state index in [-0.39, 0.29) is 11.8 Å². The molecule has 0 aromatic carbocycles. The second-order valence-electron chi connectivity index (χ2n) is 3.59. The summed E-state index contributed by atoms with van der Waals surface area (Å²) in [5.41, 5.74) is 5.51. The molecule has 1 aliphatic carbocycles. The lowest BCUT2D eigenvalue weighted by atomic mass is 10.1. The Morgan fingerprint density at radius 2 is 2.09 bits per heavy atom. The Balaban J connectivity index is 2.71. The van der Waals surface area contributed by atoms with Crippen molar-refractivity contribution in [1.82, 2.24) is 0 Å². The number of rotatable bonds is 2. The van der Waals surface area contributed by atoms with E-state index in [4.69, 9.17) is 15.5 Å². The van der Waals surface area contributed by atoms with Crippen LogP contribution in [0.3, 0.4) is 0 Å². The second-order valence-corrected chi connectivity index (χ2v) is 5.51. The molecule has 1 saturated carbocycles. The molecule has 0 saturated heterocycles. The Morgan fingerprint density at radius 1 is 1.64 bits per heavy atom. The summed E-state index contributed by atoms with van der Waals surface area (Å²) in [6.45, 7) is 3.85. The Hall–Kier alpha value is 0.110. The summed E-state index contributed by atoms with van der Waals surface area (Å²) >= 11 is 0. The summed E-state index contributed by atoms with van der Waals surface area (Å²) in [5.74, 6) is 0.246. The Morgan fingerprint density at radius 3 is 2.18 bits per heavy atom. The van der Waals surface area contributed by atoms with Gasteiger partial charge in [-0.05, 0) is 18.3 Å². The fourth-order valence-electron chi connectivity index (χ4n) is 1.44. The van der Waals surface area contributed by atoms with Crippen molar-refractivity contribution in [2.45, 2.75) is 25.5 Å². The molecule has 1 aliphatic rings. The van der Waals surface area contributed by atoms with Gasteiger partial charge in [-0.25, -0.2) is 0 Å². The molecule has 1 fully saturated rings. The minimum absolute atomic E-state index is 0.0108. The van der Waals surface area contributed by atoms with Gasteiger partial charge < -0.3 is 15.5 Å². The molecule has 1 rings (SSSR count). The second kappa shape index (κ2) is 2.30. The van der Waals surface area contributed by atoms with Gasteiger partial charge in [-0.2, -0.15) is 0 Å². The van der Waals surface area contributed by atoms with Crippen LogP contribution in [0.15, 0.2) is 0 Å². The highest BCUT2D eigenvalue weighted by Crippen LogP contribution is 2.66. The van der Waals surface area contributed by atoms with Gasteiger partial charge in [0.25, 0.3) is 0 Å². The molecule has 0 aromatic rings. The highest BCUT2D eigenvalue weighted by atomic mass is 31.2. The number of hydrogen-bond acceptors (Lipinski definition) is 2. The molecule has 0 radical (unpaired) electrons. The fourth-order valence-corrected chi connectivity index (χ4v) is 2.61. The zero-order valence-corrected chi connectivity index (χ0v) is 7.58. The normalized spacial score (nSPS) is 37.8. The van der Waals surface area contributed by atoms with Crippen LogP contribution < -0.4 is 5.73 Å². The molecule has 5 heteroatoms. The van der Waals surface area contributed by atoms with Crippen LogP contribution in [0.4, 0.5) is 0 Å². The molecule has 2 atom stereocenters. The van der Waals surface area contributed by atoms with E-state index in [0.29, 0.717) is 6.42 Å². The van der Waals surface area contributed by atoms with Crippen LogP contribution in [-0.2, 0) is 4.57 Å². The number of nitrogens with two attached hydrogens (primary N) is 1. The average Bonchev–Trinajstić information content (AvgIpc) is 2.40. The summed E-state index contributed by atoms with van der Waals surface area (Å²) in [6.07, 6.45) is 0.453. The van der Waals surface area contributed by atoms with Gasteiger partial charge in [-0.1, -0.05) is 13.8 Å². The lowest BCUT2D eigenvalue weighted by molar-refractivity contribution is 0.344. The largest absolute Gasteiger partial charge is 0.345 e. The molecule has 11 heavy (non-hydrogen) atoms. The average molecular weight is 179 g/mol. The molecule has 4 nitrogen and oxygen atoms in total. The van der Waals surface area contributed by atoms with Gasteiger partial charge >= 0.3 is 7.60 Å². The van der Waals surface area contributed by atoms with E-state index in [1.54, 1.807) is 0 Å². The van der Waals surface area contributed by atoms with E-state index in [1.165, 1.54) is 0 Å². The van der Waals surface area contributed by atoms with E-state index < -0.39 is 12.9 Å². The quantitative estimate of drug-likeness (QED) is 0.539. The molecule has 4 N–H and O–H groups in total. The molecular weight excluding hydrogens is 165 g/mol. The monoisotopic (exact) mass is 179 g/mol. The predicted octanol–water partition coefficient (Wildman–Crippen LogP) is 0.495. The van der Waals surface area contributed by atoms with E-state index in [2.05, 4.69) is 0 Å². The summed E-state index contributed by atoms with van der Waals surface area (Å²) in [4.78, 5) is 17.6. The first-order chi connectivity index (χ1) is 4.79. The zero-order valence-electron chi connectivity index (χ0n) is 6.69. The molecule has 66 valence electrons. The Labute approximate surface area is 65.9 Å². The van der Waals surface area contributed by atoms with Crippen molar-refractivity contribution in [3.8, 4) is 0 Å². The van der Waals surface area contributed by atoms with Crippen LogP contribution in [0.25, 0.3) is 0 Å². The van der Waals surface area contributed by atoms with E-state index in [0.717, 1.165) is 0 Å². The molecule has 0 spiro atoms. The smallest absolute Gasteiger partial charge is 0.323 e. The maximum absolute atomic E-state index is 10.8. The van der Waals surface area contributed by atoms with Crippen molar-refractivity contribution in [3.63, 3.8) is 0 Å². The molecule has 0 unspecified atom stereocenters. The summed E-state index contributed by atoms with van der Waals surface area (Å²) < 4.78 is 10.8. The highest BCUT2D eigenvalue weighted by Gasteiger charge is 2.63. The molecular formula is C6H14NO3P. The van der Waals surface area contributed by atoms with E-state index in [1.807, 2.05) is 13.8 Å². The predicted molar refractivity (Wildman–Crippen MR) is 41.9 cm³/mol. The zero-order chi connectivity index (χ0) is 8.86. The number of hydrogen-bond donors (Lipinski definition) is 3. The third-order valence-corrected chi connectivity index (χ3v) is 3.97. The SMILES string of the molecule is CC(C)[C@@H]1C[C@@]1(N)P(=O)(O)O. The first kappa shape index (κ1) is 9.20. The van der Waals surface area contributed by atoms with Crippen LogP contribution in [0.1, 0.15) is 20.3 Å². The van der Waals surface area contributed by atoms with Crippen molar-refractivity contribution in [2.75, 3.05) is 0 Å². The topological polar surface area (TPSA) is 83.6 Å². The van der Waals surface area contributed by atoms with Crippen LogP contribution in [-0.4, -0.2) is 15.1 Å². The third-order valence-electron chi connectivity index (χ3n) is 2.38. The third kappa shape index (κ3) is 1.36. The van der Waals surface area contributed by atoms with Crippen LogP contribution in [0, 0.1) is 11.8 Å². The van der Waals surface area contributed by atoms with Crippen LogP contribution in [0.2, 0.25) is 0 Å². The highest BCUT2D eigenvalue weighted by molar-refractivity contribution is 7.54. The lowest BCUT2D eigenvalue weighted by Gasteiger charge is -2.14. The maximum Gasteiger partial charge on any atom is 0.345 e. The lowest BCUT2D eigenvalue weighted by Crippen LogP contribution is -2.26. The van der Waals surface area contributed by atoms with Crippen LogP contribution >= 0.6 is 7.60 Å². The summed E-state index contributed by atoms with van der Waals surface area (Å²) in [6, 6.07) is 0. The Kier molecular flexibility index (Phi) is 1.92. The van der Waals surface area contributed by atoms with Gasteiger partial charge in [-0.3, -0.25) is 4.57 Å². The van der Waals surface area contributed by atoms with Crippen molar-refractivity contribution in [2.24, 2.45) is 17.6 Å². The summed E-state index contributed by atoms with van der Waals surface area (Å²) in [7, 11) is -4.07. The van der Waals surface area contributed by atoms with Gasteiger partial charge in [-0.15, -0.1) is 0 Å². The minimum Gasteiger partial charge on any atom is -0.323 e. The Bertz CT molecular complexity index is 212. The van der Waals surface area contributed by atoms with Gasteiger partial charge in [0.2, 0.25) is 0 Å². The molecule has 0 aromatic heterocycles. The van der Waals surface area contributed by atoms with Gasteiger partial charge in [0.15, 0.2) is 0 Å². The first-order valence-corrected chi connectivity index (χ1v) is 5.25. The van der Waals surface area contributed by atoms with Gasteiger partial charge in [0.05, 0.1) is 0 Å². The first-order valence-electron chi connectivity index (χ1n) is 3.63. The molecule has 0 heterocycles. The fraction of sp³-hybridized carbons (Fsp3) is 1.00. The van der Waals surface area contributed by atoms with Crippen molar-refractivity contribution in [1.29, 1.82) is 0 Å². The summed E-state index contributed by atoms with van der Waals surface area (Å²) in [5, 5.41) is -1.21. The molecule has 0 bridgehead atoms. The molecule has 0 amide bonds. The van der Waals surface area contributed by atoms with E-state index in [9.17, 15) is 4.57 Å². The molecule has 0 aliphatic heterocycles. The maximum atomic E-state index is 10.8. The van der Waals surface area contributed by atoms with Gasteiger partial charge in [0, 0.05) is 0 Å². The minimum atomic E-state index is -4.07. The van der Waals surface area contributed by atoms with Crippen molar-refractivity contribution < 1.29 is 14.4 Å². The standard InChI is InChI=1S/C6H14NO3P/c1-4(2)5-3-6(5,7)11(8,9)10/h4-5H,3,7H2,1-2H3,(H2,8,9,10)/t5-,6+/m0/s1. The van der Waals surface area contributed by atoms with Gasteiger partial charge in [0.1, 0.15) is 5.28 Å². The van der Waals surface area contributed by atoms with Crippen molar-refractivity contribution in [3.05, 3.63) is 0 Å².